The van der Waals surface area contributed by atoms with Crippen LogP contribution in [0, 0.1) is 11.3 Å². The van der Waals surface area contributed by atoms with Crippen molar-refractivity contribution in [1.29, 1.82) is 0 Å². The van der Waals surface area contributed by atoms with Crippen LogP contribution in [0.3, 0.4) is 0 Å². The summed E-state index contributed by atoms with van der Waals surface area (Å²) in [6.07, 6.45) is 3.18. The molecule has 0 aliphatic carbocycles. The number of fused-ring (bicyclic) bond motifs is 6. The summed E-state index contributed by atoms with van der Waals surface area (Å²) >= 11 is 0. The van der Waals surface area contributed by atoms with Crippen LogP contribution >= 0.6 is 0 Å². The van der Waals surface area contributed by atoms with Crippen LogP contribution in [0.1, 0.15) is 45.6 Å². The molecule has 0 spiro atoms. The predicted octanol–water partition coefficient (Wildman–Crippen LogP) is 3.67. The quantitative estimate of drug-likeness (QED) is 0.740. The smallest absolute Gasteiger partial charge is 0.343 e. The monoisotopic (exact) mass is 288 g/mol. The zero-order valence-electron chi connectivity index (χ0n) is 13.1. The van der Waals surface area contributed by atoms with E-state index in [0.717, 1.165) is 24.8 Å². The lowest BCUT2D eigenvalue weighted by Crippen LogP contribution is -2.68. The van der Waals surface area contributed by atoms with Crippen molar-refractivity contribution in [2.45, 2.75) is 51.7 Å². The van der Waals surface area contributed by atoms with E-state index in [1.165, 1.54) is 0 Å². The Hall–Kier alpha value is -1.35. The van der Waals surface area contributed by atoms with E-state index in [1.807, 2.05) is 30.3 Å². The average molecular weight is 288 g/mol. The molecule has 3 saturated heterocycles. The van der Waals surface area contributed by atoms with Crippen LogP contribution in [0.25, 0.3) is 0 Å². The highest BCUT2D eigenvalue weighted by Gasteiger charge is 2.67. The molecule has 1 aromatic carbocycles. The second-order valence-corrected chi connectivity index (χ2v) is 6.98. The molecule has 3 nitrogen and oxygen atoms in total. The second-order valence-electron chi connectivity index (χ2n) is 6.98. The Morgan fingerprint density at radius 1 is 1.10 bits per heavy atom. The summed E-state index contributed by atoms with van der Waals surface area (Å²) in [5.41, 5.74) is -0.285. The molecular formula is C18H24O3. The standard InChI is InChI=1S/C18H24O3/c1-13-9-10-15-17(2,3)18(21-15,16(19)20-12-11-13)14-7-5-4-6-8-14/h4-8,13,15H,9-12H2,1-3H3/t13?,15-,18-/m0/s1. The van der Waals surface area contributed by atoms with Gasteiger partial charge in [-0.2, -0.15) is 0 Å². The van der Waals surface area contributed by atoms with Gasteiger partial charge in [-0.15, -0.1) is 0 Å². The normalized spacial score (nSPS) is 35.5. The van der Waals surface area contributed by atoms with Gasteiger partial charge in [-0.1, -0.05) is 51.1 Å². The van der Waals surface area contributed by atoms with Gasteiger partial charge in [-0.25, -0.2) is 4.79 Å². The summed E-state index contributed by atoms with van der Waals surface area (Å²) in [6, 6.07) is 9.79. The van der Waals surface area contributed by atoms with Crippen molar-refractivity contribution >= 4 is 5.97 Å². The molecule has 114 valence electrons. The van der Waals surface area contributed by atoms with Gasteiger partial charge in [0.2, 0.25) is 0 Å². The van der Waals surface area contributed by atoms with Crippen molar-refractivity contribution in [2.24, 2.45) is 11.3 Å². The third-order valence-electron chi connectivity index (χ3n) is 5.26. The highest BCUT2D eigenvalue weighted by Crippen LogP contribution is 2.58. The SMILES string of the molecule is CC1CCOC(=O)[C@]2(c3ccccc3)O[C@@H](CC1)C2(C)C. The van der Waals surface area contributed by atoms with E-state index >= 15 is 0 Å². The lowest BCUT2D eigenvalue weighted by Gasteiger charge is -2.59. The number of hydrogen-bond donors (Lipinski definition) is 0. The number of benzene rings is 1. The van der Waals surface area contributed by atoms with Gasteiger partial charge in [0.05, 0.1) is 12.7 Å². The maximum atomic E-state index is 12.8. The fraction of sp³-hybridized carbons (Fsp3) is 0.611. The molecule has 0 amide bonds. The number of carbonyl (C=O) groups is 1. The number of ether oxygens (including phenoxy) is 2. The van der Waals surface area contributed by atoms with Crippen molar-refractivity contribution in [2.75, 3.05) is 6.61 Å². The number of hydrogen-bond acceptors (Lipinski definition) is 3. The van der Waals surface area contributed by atoms with Crippen LogP contribution in [-0.4, -0.2) is 18.7 Å². The minimum absolute atomic E-state index is 0.116. The first kappa shape index (κ1) is 14.6. The number of carbonyl (C=O) groups excluding carboxylic acids is 1. The van der Waals surface area contributed by atoms with Crippen LogP contribution < -0.4 is 0 Å². The van der Waals surface area contributed by atoms with Gasteiger partial charge >= 0.3 is 5.97 Å². The highest BCUT2D eigenvalue weighted by molar-refractivity contribution is 5.84. The average Bonchev–Trinajstić information content (AvgIpc) is 2.47. The number of rotatable bonds is 1. The fourth-order valence-electron chi connectivity index (χ4n) is 3.68. The molecule has 3 atom stereocenters. The van der Waals surface area contributed by atoms with Crippen LogP contribution in [0.4, 0.5) is 0 Å². The molecular weight excluding hydrogens is 264 g/mol. The summed E-state index contributed by atoms with van der Waals surface area (Å²) in [5, 5.41) is 0. The zero-order valence-corrected chi connectivity index (χ0v) is 13.1. The molecule has 3 fully saturated rings. The highest BCUT2D eigenvalue weighted by atomic mass is 16.6. The Morgan fingerprint density at radius 3 is 2.48 bits per heavy atom. The minimum atomic E-state index is -0.945. The first-order valence-electron chi connectivity index (χ1n) is 7.89. The summed E-state index contributed by atoms with van der Waals surface area (Å²) < 4.78 is 11.8. The predicted molar refractivity (Wildman–Crippen MR) is 80.7 cm³/mol. The molecule has 0 N–H and O–H groups in total. The minimum Gasteiger partial charge on any atom is -0.463 e. The Bertz CT molecular complexity index is 523. The molecule has 4 rings (SSSR count). The van der Waals surface area contributed by atoms with Crippen molar-refractivity contribution in [3.8, 4) is 0 Å². The van der Waals surface area contributed by atoms with Gasteiger partial charge in [0.1, 0.15) is 0 Å². The zero-order chi connectivity index (χ0) is 15.1. The van der Waals surface area contributed by atoms with Crippen molar-refractivity contribution in [3.05, 3.63) is 35.9 Å². The van der Waals surface area contributed by atoms with E-state index < -0.39 is 5.60 Å². The first-order valence-corrected chi connectivity index (χ1v) is 7.89. The summed E-state index contributed by atoms with van der Waals surface area (Å²) in [6.45, 7) is 6.95. The molecule has 0 saturated carbocycles. The maximum Gasteiger partial charge on any atom is 0.343 e. The largest absolute Gasteiger partial charge is 0.463 e. The van der Waals surface area contributed by atoms with E-state index in [4.69, 9.17) is 9.47 Å². The van der Waals surface area contributed by atoms with Crippen LogP contribution in [-0.2, 0) is 19.9 Å². The first-order chi connectivity index (χ1) is 9.98. The molecule has 1 aromatic rings. The summed E-state index contributed by atoms with van der Waals surface area (Å²) in [7, 11) is 0. The third-order valence-corrected chi connectivity index (χ3v) is 5.26. The molecule has 2 bridgehead atoms. The number of esters is 1. The second kappa shape index (κ2) is 5.13. The third kappa shape index (κ3) is 2.10. The Labute approximate surface area is 126 Å². The lowest BCUT2D eigenvalue weighted by molar-refractivity contribution is -0.313. The summed E-state index contributed by atoms with van der Waals surface area (Å²) in [5.74, 6) is 0.339. The van der Waals surface area contributed by atoms with Crippen molar-refractivity contribution in [1.82, 2.24) is 0 Å². The maximum absolute atomic E-state index is 12.8. The topological polar surface area (TPSA) is 35.5 Å². The van der Waals surface area contributed by atoms with Gasteiger partial charge in [0, 0.05) is 5.41 Å². The molecule has 1 unspecified atom stereocenters. The Kier molecular flexibility index (Phi) is 3.56. The Balaban J connectivity index is 1.99. The van der Waals surface area contributed by atoms with E-state index in [2.05, 4.69) is 20.8 Å². The molecule has 3 heterocycles. The van der Waals surface area contributed by atoms with E-state index in [-0.39, 0.29) is 17.5 Å². The lowest BCUT2D eigenvalue weighted by atomic mass is 9.60. The Morgan fingerprint density at radius 2 is 1.81 bits per heavy atom. The molecule has 3 heteroatoms. The molecule has 3 aliphatic heterocycles. The van der Waals surface area contributed by atoms with E-state index in [1.54, 1.807) is 0 Å². The van der Waals surface area contributed by atoms with E-state index in [0.29, 0.717) is 12.5 Å². The summed E-state index contributed by atoms with van der Waals surface area (Å²) in [4.78, 5) is 12.8. The van der Waals surface area contributed by atoms with Crippen molar-refractivity contribution in [3.63, 3.8) is 0 Å². The molecule has 0 aromatic heterocycles. The molecule has 3 aliphatic rings. The van der Waals surface area contributed by atoms with Crippen LogP contribution in [0.5, 0.6) is 0 Å². The molecule has 21 heavy (non-hydrogen) atoms. The fourth-order valence-corrected chi connectivity index (χ4v) is 3.68. The van der Waals surface area contributed by atoms with Gasteiger partial charge < -0.3 is 9.47 Å². The van der Waals surface area contributed by atoms with Crippen LogP contribution in [0.2, 0.25) is 0 Å². The van der Waals surface area contributed by atoms with Gasteiger partial charge in [0.25, 0.3) is 0 Å². The van der Waals surface area contributed by atoms with Crippen LogP contribution in [0.15, 0.2) is 30.3 Å². The van der Waals surface area contributed by atoms with Crippen molar-refractivity contribution < 1.29 is 14.3 Å². The van der Waals surface area contributed by atoms with Gasteiger partial charge in [0.15, 0.2) is 5.60 Å². The van der Waals surface area contributed by atoms with E-state index in [9.17, 15) is 4.79 Å². The van der Waals surface area contributed by atoms with Gasteiger partial charge in [-0.05, 0) is 30.7 Å². The van der Waals surface area contributed by atoms with Gasteiger partial charge in [-0.3, -0.25) is 0 Å². The molecule has 0 radical (unpaired) electrons.